The maximum atomic E-state index is 4.53. The number of aromatic nitrogens is 3. The van der Waals surface area contributed by atoms with Crippen LogP contribution in [-0.4, -0.2) is 46.0 Å². The zero-order chi connectivity index (χ0) is 15.5. The molecule has 0 unspecified atom stereocenters. The van der Waals surface area contributed by atoms with Crippen molar-refractivity contribution in [2.75, 3.05) is 31.5 Å². The van der Waals surface area contributed by atoms with E-state index in [2.05, 4.69) is 42.6 Å². The Hall–Kier alpha value is -2.44. The van der Waals surface area contributed by atoms with Crippen molar-refractivity contribution in [3.05, 3.63) is 48.2 Å². The Labute approximate surface area is 134 Å². The number of anilines is 2. The first kappa shape index (κ1) is 14.2. The van der Waals surface area contributed by atoms with E-state index in [0.717, 1.165) is 55.5 Å². The van der Waals surface area contributed by atoms with Crippen molar-refractivity contribution in [1.29, 1.82) is 0 Å². The van der Waals surface area contributed by atoms with Crippen molar-refractivity contribution >= 4 is 22.8 Å². The number of benzene rings is 1. The number of fused-ring (bicyclic) bond motifs is 1. The van der Waals surface area contributed by atoms with Gasteiger partial charge in [-0.15, -0.1) is 0 Å². The fourth-order valence-corrected chi connectivity index (χ4v) is 2.90. The van der Waals surface area contributed by atoms with Crippen LogP contribution < -0.4 is 10.6 Å². The molecule has 3 heterocycles. The largest absolute Gasteiger partial charge is 0.324 e. The third-order valence-corrected chi connectivity index (χ3v) is 4.08. The second kappa shape index (κ2) is 6.36. The number of nitrogens with one attached hydrogen (secondary N) is 3. The van der Waals surface area contributed by atoms with Gasteiger partial charge < -0.3 is 15.6 Å². The highest BCUT2D eigenvalue weighted by Crippen LogP contribution is 2.18. The molecule has 4 rings (SSSR count). The smallest absolute Gasteiger partial charge is 0.206 e. The van der Waals surface area contributed by atoms with Crippen LogP contribution in [-0.2, 0) is 6.54 Å². The van der Waals surface area contributed by atoms with Gasteiger partial charge in [-0.05, 0) is 29.8 Å². The maximum Gasteiger partial charge on any atom is 0.206 e. The van der Waals surface area contributed by atoms with E-state index in [1.165, 1.54) is 5.56 Å². The van der Waals surface area contributed by atoms with E-state index >= 15 is 0 Å². The lowest BCUT2D eigenvalue weighted by Gasteiger charge is -2.27. The molecular formula is C17H20N6. The van der Waals surface area contributed by atoms with E-state index in [9.17, 15) is 0 Å². The molecular weight excluding hydrogens is 288 g/mol. The lowest BCUT2D eigenvalue weighted by Crippen LogP contribution is -2.42. The van der Waals surface area contributed by atoms with E-state index in [-0.39, 0.29) is 0 Å². The van der Waals surface area contributed by atoms with Crippen LogP contribution in [0, 0.1) is 0 Å². The highest BCUT2D eigenvalue weighted by molar-refractivity contribution is 5.77. The first-order chi connectivity index (χ1) is 11.4. The van der Waals surface area contributed by atoms with Crippen LogP contribution in [0.25, 0.3) is 11.0 Å². The summed E-state index contributed by atoms with van der Waals surface area (Å²) in [6, 6.07) is 12.2. The highest BCUT2D eigenvalue weighted by atomic mass is 15.2. The summed E-state index contributed by atoms with van der Waals surface area (Å²) in [5.74, 6) is 1.54. The SMILES string of the molecule is c1ccc2[nH]c(Nc3cc(CN4CCNCC4)ccn3)nc2c1. The van der Waals surface area contributed by atoms with Crippen LogP contribution in [0.2, 0.25) is 0 Å². The van der Waals surface area contributed by atoms with Crippen molar-refractivity contribution in [2.45, 2.75) is 6.54 Å². The van der Waals surface area contributed by atoms with Crippen molar-refractivity contribution < 1.29 is 0 Å². The fraction of sp³-hybridized carbons (Fsp3) is 0.294. The molecule has 118 valence electrons. The third kappa shape index (κ3) is 3.33. The normalized spacial score (nSPS) is 15.8. The fourth-order valence-electron chi connectivity index (χ4n) is 2.90. The summed E-state index contributed by atoms with van der Waals surface area (Å²) in [5, 5.41) is 6.64. The van der Waals surface area contributed by atoms with Gasteiger partial charge in [0, 0.05) is 38.9 Å². The van der Waals surface area contributed by atoms with Crippen molar-refractivity contribution in [2.24, 2.45) is 0 Å². The number of H-pyrrole nitrogens is 1. The first-order valence-corrected chi connectivity index (χ1v) is 7.97. The Balaban J connectivity index is 1.49. The summed E-state index contributed by atoms with van der Waals surface area (Å²) < 4.78 is 0. The third-order valence-electron chi connectivity index (χ3n) is 4.08. The number of aromatic amines is 1. The molecule has 2 aromatic heterocycles. The Morgan fingerprint density at radius 1 is 1.13 bits per heavy atom. The van der Waals surface area contributed by atoms with Gasteiger partial charge in [-0.3, -0.25) is 4.90 Å². The molecule has 1 aliphatic heterocycles. The van der Waals surface area contributed by atoms with Gasteiger partial charge in [0.1, 0.15) is 5.82 Å². The number of piperazine rings is 1. The summed E-state index contributed by atoms with van der Waals surface area (Å²) in [4.78, 5) is 14.6. The van der Waals surface area contributed by atoms with Gasteiger partial charge in [-0.2, -0.15) is 0 Å². The molecule has 0 spiro atoms. The zero-order valence-corrected chi connectivity index (χ0v) is 12.9. The predicted molar refractivity (Wildman–Crippen MR) is 91.8 cm³/mol. The Morgan fingerprint density at radius 2 is 2.00 bits per heavy atom. The number of hydrogen-bond acceptors (Lipinski definition) is 5. The summed E-state index contributed by atoms with van der Waals surface area (Å²) in [6.45, 7) is 5.27. The summed E-state index contributed by atoms with van der Waals surface area (Å²) in [7, 11) is 0. The first-order valence-electron chi connectivity index (χ1n) is 7.97. The van der Waals surface area contributed by atoms with Crippen LogP contribution in [0.4, 0.5) is 11.8 Å². The highest BCUT2D eigenvalue weighted by Gasteiger charge is 2.10. The molecule has 6 nitrogen and oxygen atoms in total. The van der Waals surface area contributed by atoms with E-state index in [1.54, 1.807) is 0 Å². The minimum Gasteiger partial charge on any atom is -0.324 e. The number of imidazole rings is 1. The quantitative estimate of drug-likeness (QED) is 0.689. The molecule has 0 atom stereocenters. The van der Waals surface area contributed by atoms with Gasteiger partial charge in [0.15, 0.2) is 0 Å². The number of hydrogen-bond donors (Lipinski definition) is 3. The molecule has 3 aromatic rings. The number of rotatable bonds is 4. The summed E-state index contributed by atoms with van der Waals surface area (Å²) in [5.41, 5.74) is 3.24. The van der Waals surface area contributed by atoms with Gasteiger partial charge in [0.2, 0.25) is 5.95 Å². The number of para-hydroxylation sites is 2. The topological polar surface area (TPSA) is 68.9 Å². The minimum atomic E-state index is 0.720. The average Bonchev–Trinajstić information content (AvgIpc) is 2.98. The van der Waals surface area contributed by atoms with Gasteiger partial charge in [-0.1, -0.05) is 12.1 Å². The zero-order valence-electron chi connectivity index (χ0n) is 12.9. The van der Waals surface area contributed by atoms with Crippen molar-refractivity contribution in [1.82, 2.24) is 25.2 Å². The Bertz CT molecular complexity index is 757. The molecule has 0 saturated carbocycles. The Morgan fingerprint density at radius 3 is 2.87 bits per heavy atom. The minimum absolute atomic E-state index is 0.720. The van der Waals surface area contributed by atoms with Crippen LogP contribution in [0.5, 0.6) is 0 Å². The molecule has 1 saturated heterocycles. The van der Waals surface area contributed by atoms with Crippen LogP contribution in [0.15, 0.2) is 42.6 Å². The van der Waals surface area contributed by atoms with E-state index in [1.807, 2.05) is 30.5 Å². The van der Waals surface area contributed by atoms with Gasteiger partial charge in [0.25, 0.3) is 0 Å². The lowest BCUT2D eigenvalue weighted by atomic mass is 10.2. The van der Waals surface area contributed by atoms with Gasteiger partial charge >= 0.3 is 0 Å². The molecule has 0 aliphatic carbocycles. The molecule has 0 amide bonds. The predicted octanol–water partition coefficient (Wildman–Crippen LogP) is 2.11. The molecule has 0 radical (unpaired) electrons. The van der Waals surface area contributed by atoms with Gasteiger partial charge in [-0.25, -0.2) is 9.97 Å². The molecule has 3 N–H and O–H groups in total. The number of nitrogens with zero attached hydrogens (tertiary/aromatic N) is 3. The number of pyridine rings is 1. The molecule has 1 fully saturated rings. The van der Waals surface area contributed by atoms with Crippen LogP contribution in [0.3, 0.4) is 0 Å². The lowest BCUT2D eigenvalue weighted by molar-refractivity contribution is 0.233. The van der Waals surface area contributed by atoms with E-state index in [4.69, 9.17) is 0 Å². The molecule has 6 heteroatoms. The Kier molecular flexibility index (Phi) is 3.92. The maximum absolute atomic E-state index is 4.53. The molecule has 1 aliphatic rings. The molecule has 1 aromatic carbocycles. The standard InChI is InChI=1S/C17H20N6/c1-2-4-15-14(3-1)20-17(21-15)22-16-11-13(5-6-19-16)12-23-9-7-18-8-10-23/h1-6,11,18H,7-10,12H2,(H2,19,20,21,22). The van der Waals surface area contributed by atoms with Gasteiger partial charge in [0.05, 0.1) is 11.0 Å². The van der Waals surface area contributed by atoms with E-state index in [0.29, 0.717) is 0 Å². The van der Waals surface area contributed by atoms with Crippen molar-refractivity contribution in [3.63, 3.8) is 0 Å². The molecule has 23 heavy (non-hydrogen) atoms. The molecule has 0 bridgehead atoms. The average molecular weight is 308 g/mol. The van der Waals surface area contributed by atoms with E-state index < -0.39 is 0 Å². The summed E-state index contributed by atoms with van der Waals surface area (Å²) >= 11 is 0. The monoisotopic (exact) mass is 308 g/mol. The second-order valence-corrected chi connectivity index (χ2v) is 5.80. The summed E-state index contributed by atoms with van der Waals surface area (Å²) in [6.07, 6.45) is 1.85. The van der Waals surface area contributed by atoms with Crippen molar-refractivity contribution in [3.8, 4) is 0 Å². The van der Waals surface area contributed by atoms with Crippen LogP contribution >= 0.6 is 0 Å². The second-order valence-electron chi connectivity index (χ2n) is 5.80. The van der Waals surface area contributed by atoms with Crippen LogP contribution in [0.1, 0.15) is 5.56 Å².